The Morgan fingerprint density at radius 3 is 2.55 bits per heavy atom. The second-order valence-corrected chi connectivity index (χ2v) is 5.49. The highest BCUT2D eigenvalue weighted by Crippen LogP contribution is 2.21. The Morgan fingerprint density at radius 1 is 1.14 bits per heavy atom. The summed E-state index contributed by atoms with van der Waals surface area (Å²) < 4.78 is 5.62. The van der Waals surface area contributed by atoms with Crippen molar-refractivity contribution in [1.29, 1.82) is 0 Å². The van der Waals surface area contributed by atoms with Gasteiger partial charge in [0.05, 0.1) is 6.04 Å². The fourth-order valence-corrected chi connectivity index (χ4v) is 2.54. The molecule has 3 nitrogen and oxygen atoms in total. The van der Waals surface area contributed by atoms with Crippen LogP contribution in [0.1, 0.15) is 41.1 Å². The molecule has 112 valence electrons. The highest BCUT2D eigenvalue weighted by molar-refractivity contribution is 5.96. The molecule has 3 heteroatoms. The van der Waals surface area contributed by atoms with Crippen molar-refractivity contribution in [3.8, 4) is 0 Å². The van der Waals surface area contributed by atoms with Gasteiger partial charge in [-0.1, -0.05) is 55.0 Å². The molecule has 0 radical (unpaired) electrons. The predicted molar refractivity (Wildman–Crippen MR) is 87.9 cm³/mol. The molecule has 0 unspecified atom stereocenters. The second kappa shape index (κ2) is 6.06. The van der Waals surface area contributed by atoms with Crippen molar-refractivity contribution in [3.05, 3.63) is 71.5 Å². The first kappa shape index (κ1) is 14.4. The lowest BCUT2D eigenvalue weighted by Crippen LogP contribution is -2.27. The van der Waals surface area contributed by atoms with Crippen LogP contribution in [-0.4, -0.2) is 5.91 Å². The van der Waals surface area contributed by atoms with Gasteiger partial charge in [0.25, 0.3) is 5.91 Å². The first-order valence-corrected chi connectivity index (χ1v) is 7.53. The van der Waals surface area contributed by atoms with E-state index in [0.717, 1.165) is 23.0 Å². The van der Waals surface area contributed by atoms with Gasteiger partial charge in [-0.05, 0) is 31.0 Å². The van der Waals surface area contributed by atoms with Crippen LogP contribution in [0.2, 0.25) is 0 Å². The maximum Gasteiger partial charge on any atom is 0.287 e. The molecule has 1 atom stereocenters. The van der Waals surface area contributed by atoms with E-state index in [0.29, 0.717) is 5.76 Å². The topological polar surface area (TPSA) is 42.2 Å². The summed E-state index contributed by atoms with van der Waals surface area (Å²) in [4.78, 5) is 12.4. The van der Waals surface area contributed by atoms with E-state index in [9.17, 15) is 4.79 Å². The first-order valence-electron chi connectivity index (χ1n) is 7.53. The maximum absolute atomic E-state index is 12.4. The van der Waals surface area contributed by atoms with E-state index < -0.39 is 0 Å². The molecule has 0 saturated carbocycles. The monoisotopic (exact) mass is 293 g/mol. The average Bonchev–Trinajstić information content (AvgIpc) is 2.97. The zero-order valence-corrected chi connectivity index (χ0v) is 12.8. The molecule has 1 amide bonds. The van der Waals surface area contributed by atoms with E-state index >= 15 is 0 Å². The van der Waals surface area contributed by atoms with Gasteiger partial charge in [0.1, 0.15) is 5.58 Å². The molecule has 0 fully saturated rings. The summed E-state index contributed by atoms with van der Waals surface area (Å²) in [5, 5.41) is 3.99. The van der Waals surface area contributed by atoms with Crippen LogP contribution in [0.15, 0.2) is 59.0 Å². The van der Waals surface area contributed by atoms with E-state index in [1.54, 1.807) is 6.07 Å². The molecule has 22 heavy (non-hydrogen) atoms. The maximum atomic E-state index is 12.4. The zero-order chi connectivity index (χ0) is 15.5. The molecule has 0 aliphatic carbocycles. The summed E-state index contributed by atoms with van der Waals surface area (Å²) in [6, 6.07) is 17.6. The van der Waals surface area contributed by atoms with Gasteiger partial charge >= 0.3 is 0 Å². The summed E-state index contributed by atoms with van der Waals surface area (Å²) in [5.41, 5.74) is 3.05. The van der Waals surface area contributed by atoms with Crippen molar-refractivity contribution in [2.75, 3.05) is 0 Å². The smallest absolute Gasteiger partial charge is 0.287 e. The fourth-order valence-electron chi connectivity index (χ4n) is 2.54. The Hall–Kier alpha value is -2.55. The lowest BCUT2D eigenvalue weighted by Gasteiger charge is -2.16. The number of fused-ring (bicyclic) bond motifs is 1. The number of carbonyl (C=O) groups excluding carboxylic acids is 1. The normalized spacial score (nSPS) is 12.3. The van der Waals surface area contributed by atoms with Crippen LogP contribution in [0.5, 0.6) is 0 Å². The minimum Gasteiger partial charge on any atom is -0.451 e. The summed E-state index contributed by atoms with van der Waals surface area (Å²) in [7, 11) is 0. The number of para-hydroxylation sites is 1. The average molecular weight is 293 g/mol. The third kappa shape index (κ3) is 2.89. The highest BCUT2D eigenvalue weighted by Gasteiger charge is 2.17. The molecule has 3 aromatic rings. The Labute approximate surface area is 130 Å². The molecule has 1 aromatic heterocycles. The third-order valence-electron chi connectivity index (χ3n) is 3.84. The molecule has 0 aliphatic rings. The van der Waals surface area contributed by atoms with Gasteiger partial charge in [0, 0.05) is 5.39 Å². The van der Waals surface area contributed by atoms with Crippen molar-refractivity contribution < 1.29 is 9.21 Å². The van der Waals surface area contributed by atoms with Crippen LogP contribution in [0.3, 0.4) is 0 Å². The largest absolute Gasteiger partial charge is 0.451 e. The lowest BCUT2D eigenvalue weighted by atomic mass is 10.0. The minimum absolute atomic E-state index is 0.0127. The van der Waals surface area contributed by atoms with E-state index in [-0.39, 0.29) is 11.9 Å². The van der Waals surface area contributed by atoms with Crippen LogP contribution in [0, 0.1) is 6.92 Å². The molecule has 0 aliphatic heterocycles. The summed E-state index contributed by atoms with van der Waals surface area (Å²) in [6.07, 6.45) is 0.828. The number of hydrogen-bond donors (Lipinski definition) is 1. The van der Waals surface area contributed by atoms with Crippen LogP contribution >= 0.6 is 0 Å². The molecular formula is C19H19NO2. The summed E-state index contributed by atoms with van der Waals surface area (Å²) >= 11 is 0. The number of rotatable bonds is 4. The third-order valence-corrected chi connectivity index (χ3v) is 3.84. The van der Waals surface area contributed by atoms with Crippen molar-refractivity contribution in [1.82, 2.24) is 5.32 Å². The Kier molecular flexibility index (Phi) is 3.96. The number of furan rings is 1. The van der Waals surface area contributed by atoms with E-state index in [1.165, 1.54) is 5.56 Å². The number of benzene rings is 2. The van der Waals surface area contributed by atoms with Crippen molar-refractivity contribution in [2.45, 2.75) is 26.3 Å². The van der Waals surface area contributed by atoms with E-state index in [4.69, 9.17) is 4.42 Å². The molecule has 3 rings (SSSR count). The van der Waals surface area contributed by atoms with Crippen LogP contribution in [0.25, 0.3) is 11.0 Å². The van der Waals surface area contributed by atoms with Crippen LogP contribution in [0.4, 0.5) is 0 Å². The second-order valence-electron chi connectivity index (χ2n) is 5.49. The molecule has 0 bridgehead atoms. The summed E-state index contributed by atoms with van der Waals surface area (Å²) in [6.45, 7) is 4.11. The first-order chi connectivity index (χ1) is 10.7. The summed E-state index contributed by atoms with van der Waals surface area (Å²) in [5.74, 6) is 0.176. The molecule has 1 N–H and O–H groups in total. The van der Waals surface area contributed by atoms with E-state index in [2.05, 4.69) is 43.4 Å². The van der Waals surface area contributed by atoms with Gasteiger partial charge in [-0.15, -0.1) is 0 Å². The minimum atomic E-state index is -0.177. The Bertz CT molecular complexity index is 754. The van der Waals surface area contributed by atoms with E-state index in [1.807, 2.05) is 24.3 Å². The number of carbonyl (C=O) groups is 1. The molecule has 0 spiro atoms. The standard InChI is InChI=1S/C19H19NO2/c1-3-16(14-10-8-13(2)9-11-14)20-19(21)18-12-15-6-4-5-7-17(15)22-18/h4-12,16H,3H2,1-2H3,(H,20,21)/t16-/m0/s1. The van der Waals surface area contributed by atoms with Gasteiger partial charge in [0.15, 0.2) is 5.76 Å². The van der Waals surface area contributed by atoms with Crippen molar-refractivity contribution >= 4 is 16.9 Å². The van der Waals surface area contributed by atoms with Crippen LogP contribution in [-0.2, 0) is 0 Å². The highest BCUT2D eigenvalue weighted by atomic mass is 16.3. The number of hydrogen-bond acceptors (Lipinski definition) is 2. The Balaban J connectivity index is 1.80. The molecule has 0 saturated heterocycles. The number of nitrogens with one attached hydrogen (secondary N) is 1. The molecule has 1 heterocycles. The van der Waals surface area contributed by atoms with Crippen molar-refractivity contribution in [3.63, 3.8) is 0 Å². The number of amides is 1. The lowest BCUT2D eigenvalue weighted by molar-refractivity contribution is 0.0909. The number of aryl methyl sites for hydroxylation is 1. The predicted octanol–water partition coefficient (Wildman–Crippen LogP) is 4.62. The zero-order valence-electron chi connectivity index (χ0n) is 12.8. The van der Waals surface area contributed by atoms with Gasteiger partial charge < -0.3 is 9.73 Å². The quantitative estimate of drug-likeness (QED) is 0.762. The Morgan fingerprint density at radius 2 is 1.86 bits per heavy atom. The molecule has 2 aromatic carbocycles. The van der Waals surface area contributed by atoms with Crippen LogP contribution < -0.4 is 5.32 Å². The van der Waals surface area contributed by atoms with Gasteiger partial charge in [-0.3, -0.25) is 4.79 Å². The molecular weight excluding hydrogens is 274 g/mol. The van der Waals surface area contributed by atoms with Crippen molar-refractivity contribution in [2.24, 2.45) is 0 Å². The van der Waals surface area contributed by atoms with Gasteiger partial charge in [-0.2, -0.15) is 0 Å². The SMILES string of the molecule is CC[C@H](NC(=O)c1cc2ccccc2o1)c1ccc(C)cc1. The van der Waals surface area contributed by atoms with Gasteiger partial charge in [-0.25, -0.2) is 0 Å². The fraction of sp³-hybridized carbons (Fsp3) is 0.211. The van der Waals surface area contributed by atoms with Gasteiger partial charge in [0.2, 0.25) is 0 Å².